The first kappa shape index (κ1) is 16.4. The maximum atomic E-state index is 12.1. The van der Waals surface area contributed by atoms with Gasteiger partial charge in [-0.2, -0.15) is 0 Å². The number of aromatic nitrogens is 2. The summed E-state index contributed by atoms with van der Waals surface area (Å²) < 4.78 is 1.67. The SMILES string of the molecule is Cc1csc2nc(CN3CCC(N)C(C)C3)cc(=O)n12.Cl. The van der Waals surface area contributed by atoms with Crippen molar-refractivity contribution >= 4 is 28.7 Å². The number of hydrogen-bond acceptors (Lipinski definition) is 5. The molecule has 0 spiro atoms. The van der Waals surface area contributed by atoms with E-state index in [2.05, 4.69) is 16.8 Å². The molecule has 7 heteroatoms. The summed E-state index contributed by atoms with van der Waals surface area (Å²) in [4.78, 5) is 19.9. The molecule has 2 atom stereocenters. The van der Waals surface area contributed by atoms with Crippen LogP contribution in [0.25, 0.3) is 4.96 Å². The predicted octanol–water partition coefficient (Wildman–Crippen LogP) is 1.66. The number of piperidine rings is 1. The highest BCUT2D eigenvalue weighted by atomic mass is 35.5. The van der Waals surface area contributed by atoms with Gasteiger partial charge in [-0.3, -0.25) is 14.1 Å². The molecule has 2 aromatic rings. The van der Waals surface area contributed by atoms with Crippen LogP contribution in [0.15, 0.2) is 16.2 Å². The number of thiazole rings is 1. The van der Waals surface area contributed by atoms with Crippen LogP contribution in [0.1, 0.15) is 24.7 Å². The van der Waals surface area contributed by atoms with Gasteiger partial charge in [-0.1, -0.05) is 6.92 Å². The lowest BCUT2D eigenvalue weighted by Gasteiger charge is -2.34. The van der Waals surface area contributed by atoms with E-state index in [1.165, 1.54) is 11.3 Å². The Bertz CT molecular complexity index is 683. The first-order valence-corrected chi connectivity index (χ1v) is 7.87. The van der Waals surface area contributed by atoms with Crippen LogP contribution in [-0.4, -0.2) is 33.4 Å². The normalized spacial score (nSPS) is 23.2. The van der Waals surface area contributed by atoms with Crippen molar-refractivity contribution < 1.29 is 0 Å². The fraction of sp³-hybridized carbons (Fsp3) is 0.571. The molecule has 0 radical (unpaired) electrons. The lowest BCUT2D eigenvalue weighted by Crippen LogP contribution is -2.45. The maximum absolute atomic E-state index is 12.1. The Morgan fingerprint density at radius 2 is 2.29 bits per heavy atom. The number of halogens is 1. The van der Waals surface area contributed by atoms with Gasteiger partial charge < -0.3 is 5.73 Å². The van der Waals surface area contributed by atoms with Crippen molar-refractivity contribution in [3.05, 3.63) is 33.2 Å². The van der Waals surface area contributed by atoms with E-state index in [1.807, 2.05) is 12.3 Å². The molecule has 0 aromatic carbocycles. The first-order valence-electron chi connectivity index (χ1n) is 6.99. The van der Waals surface area contributed by atoms with E-state index >= 15 is 0 Å². The summed E-state index contributed by atoms with van der Waals surface area (Å²) in [7, 11) is 0. The third-order valence-electron chi connectivity index (χ3n) is 4.07. The molecule has 5 nitrogen and oxygen atoms in total. The fourth-order valence-electron chi connectivity index (χ4n) is 2.80. The largest absolute Gasteiger partial charge is 0.327 e. The highest BCUT2D eigenvalue weighted by Crippen LogP contribution is 2.17. The summed E-state index contributed by atoms with van der Waals surface area (Å²) in [5.41, 5.74) is 7.87. The van der Waals surface area contributed by atoms with Crippen LogP contribution in [-0.2, 0) is 6.54 Å². The van der Waals surface area contributed by atoms with Crippen LogP contribution >= 0.6 is 23.7 Å². The minimum Gasteiger partial charge on any atom is -0.327 e. The minimum atomic E-state index is 0. The Kier molecular flexibility index (Phi) is 5.03. The summed E-state index contributed by atoms with van der Waals surface area (Å²) in [6.07, 6.45) is 1.01. The standard InChI is InChI=1S/C14H20N4OS.ClH/c1-9-6-17(4-3-12(9)15)7-11-5-13(19)18-10(2)8-20-14(18)16-11;/h5,8-9,12H,3-4,6-7,15H2,1-2H3;1H. The molecule has 2 unspecified atom stereocenters. The zero-order chi connectivity index (χ0) is 14.3. The van der Waals surface area contributed by atoms with Gasteiger partial charge in [-0.05, 0) is 19.3 Å². The average molecular weight is 329 g/mol. The molecule has 0 amide bonds. The zero-order valence-corrected chi connectivity index (χ0v) is 13.9. The third-order valence-corrected chi connectivity index (χ3v) is 5.01. The van der Waals surface area contributed by atoms with Gasteiger partial charge in [0.25, 0.3) is 5.56 Å². The lowest BCUT2D eigenvalue weighted by molar-refractivity contribution is 0.156. The van der Waals surface area contributed by atoms with Gasteiger partial charge in [0.05, 0.1) is 5.69 Å². The quantitative estimate of drug-likeness (QED) is 0.910. The molecule has 3 rings (SSSR count). The average Bonchev–Trinajstić information content (AvgIpc) is 2.76. The van der Waals surface area contributed by atoms with E-state index in [-0.39, 0.29) is 18.0 Å². The highest BCUT2D eigenvalue weighted by molar-refractivity contribution is 7.15. The van der Waals surface area contributed by atoms with Crippen molar-refractivity contribution in [1.82, 2.24) is 14.3 Å². The molecule has 116 valence electrons. The van der Waals surface area contributed by atoms with Gasteiger partial charge in [0, 0.05) is 42.8 Å². The molecule has 0 aliphatic carbocycles. The molecule has 1 aliphatic heterocycles. The van der Waals surface area contributed by atoms with E-state index in [4.69, 9.17) is 5.73 Å². The monoisotopic (exact) mass is 328 g/mol. The number of nitrogens with two attached hydrogens (primary N) is 1. The Labute approximate surface area is 134 Å². The topological polar surface area (TPSA) is 63.6 Å². The van der Waals surface area contributed by atoms with Crippen LogP contribution in [0.5, 0.6) is 0 Å². The molecule has 1 saturated heterocycles. The first-order chi connectivity index (χ1) is 9.54. The number of aryl methyl sites for hydroxylation is 1. The van der Waals surface area contributed by atoms with Crippen LogP contribution in [0, 0.1) is 12.8 Å². The minimum absolute atomic E-state index is 0. The second kappa shape index (κ2) is 6.44. The lowest BCUT2D eigenvalue weighted by atomic mass is 9.95. The number of nitrogens with zero attached hydrogens (tertiary/aromatic N) is 3. The van der Waals surface area contributed by atoms with E-state index < -0.39 is 0 Å². The van der Waals surface area contributed by atoms with Crippen LogP contribution in [0.4, 0.5) is 0 Å². The van der Waals surface area contributed by atoms with Gasteiger partial charge in [0.2, 0.25) is 0 Å². The fourth-order valence-corrected chi connectivity index (χ4v) is 3.70. The summed E-state index contributed by atoms with van der Waals surface area (Å²) in [6, 6.07) is 1.96. The van der Waals surface area contributed by atoms with Crippen LogP contribution < -0.4 is 11.3 Å². The molecule has 2 aromatic heterocycles. The van der Waals surface area contributed by atoms with Crippen LogP contribution in [0.2, 0.25) is 0 Å². The van der Waals surface area contributed by atoms with Gasteiger partial charge in [-0.15, -0.1) is 23.7 Å². The second-order valence-electron chi connectivity index (χ2n) is 5.75. The Morgan fingerprint density at radius 3 is 3.00 bits per heavy atom. The molecule has 3 heterocycles. The molecule has 1 aliphatic rings. The molecule has 0 bridgehead atoms. The zero-order valence-electron chi connectivity index (χ0n) is 12.3. The number of fused-ring (bicyclic) bond motifs is 1. The van der Waals surface area contributed by atoms with Crippen molar-refractivity contribution in [3.8, 4) is 0 Å². The van der Waals surface area contributed by atoms with Gasteiger partial charge in [-0.25, -0.2) is 4.98 Å². The van der Waals surface area contributed by atoms with Crippen molar-refractivity contribution in [3.63, 3.8) is 0 Å². The Balaban J connectivity index is 0.00000161. The van der Waals surface area contributed by atoms with E-state index in [9.17, 15) is 4.79 Å². The van der Waals surface area contributed by atoms with Crippen molar-refractivity contribution in [1.29, 1.82) is 0 Å². The van der Waals surface area contributed by atoms with Crippen molar-refractivity contribution in [2.45, 2.75) is 32.9 Å². The molecule has 21 heavy (non-hydrogen) atoms. The molecule has 2 N–H and O–H groups in total. The molecule has 0 saturated carbocycles. The molecular formula is C14H21ClN4OS. The van der Waals surface area contributed by atoms with Gasteiger partial charge in [0.15, 0.2) is 4.96 Å². The van der Waals surface area contributed by atoms with Gasteiger partial charge >= 0.3 is 0 Å². The maximum Gasteiger partial charge on any atom is 0.259 e. The summed E-state index contributed by atoms with van der Waals surface area (Å²) >= 11 is 1.52. The van der Waals surface area contributed by atoms with Crippen molar-refractivity contribution in [2.24, 2.45) is 11.7 Å². The van der Waals surface area contributed by atoms with Crippen LogP contribution in [0.3, 0.4) is 0 Å². The second-order valence-corrected chi connectivity index (χ2v) is 6.58. The Hall–Kier alpha value is -0.950. The summed E-state index contributed by atoms with van der Waals surface area (Å²) in [6.45, 7) is 6.81. The van der Waals surface area contributed by atoms with E-state index in [1.54, 1.807) is 10.5 Å². The number of likely N-dealkylation sites (tertiary alicyclic amines) is 1. The summed E-state index contributed by atoms with van der Waals surface area (Å²) in [5.74, 6) is 0.498. The third kappa shape index (κ3) is 3.29. The van der Waals surface area contributed by atoms with Gasteiger partial charge in [0.1, 0.15) is 0 Å². The smallest absolute Gasteiger partial charge is 0.259 e. The number of hydrogen-bond donors (Lipinski definition) is 1. The molecular weight excluding hydrogens is 308 g/mol. The van der Waals surface area contributed by atoms with E-state index in [0.29, 0.717) is 12.0 Å². The molecule has 1 fully saturated rings. The van der Waals surface area contributed by atoms with E-state index in [0.717, 1.165) is 42.4 Å². The predicted molar refractivity (Wildman–Crippen MR) is 88.4 cm³/mol. The highest BCUT2D eigenvalue weighted by Gasteiger charge is 2.23. The van der Waals surface area contributed by atoms with Crippen molar-refractivity contribution in [2.75, 3.05) is 13.1 Å². The Morgan fingerprint density at radius 1 is 1.52 bits per heavy atom. The summed E-state index contributed by atoms with van der Waals surface area (Å²) in [5, 5.41) is 1.97. The number of rotatable bonds is 2.